The number of methoxy groups -OCH3 is 1. The zero-order valence-electron chi connectivity index (χ0n) is 17.0. The van der Waals surface area contributed by atoms with E-state index in [2.05, 4.69) is 15.5 Å². The number of hydrogen-bond donors (Lipinski definition) is 1. The number of hydrogen-bond acceptors (Lipinski definition) is 7. The van der Waals surface area contributed by atoms with Crippen LogP contribution in [0, 0.1) is 13.8 Å². The van der Waals surface area contributed by atoms with Gasteiger partial charge in [-0.15, -0.1) is 5.10 Å². The normalized spacial score (nSPS) is 11.3. The number of aryl methyl sites for hydroxylation is 2. The van der Waals surface area contributed by atoms with Crippen LogP contribution >= 0.6 is 0 Å². The highest BCUT2D eigenvalue weighted by Crippen LogP contribution is 2.24. The predicted octanol–water partition coefficient (Wildman–Crippen LogP) is 3.55. The number of ether oxygens (including phenoxy) is 1. The molecule has 1 N–H and O–H groups in total. The molecule has 1 amide bonds. The van der Waals surface area contributed by atoms with E-state index in [-0.39, 0.29) is 29.5 Å². The Hall–Kier alpha value is -3.20. The van der Waals surface area contributed by atoms with Gasteiger partial charge in [0.25, 0.3) is 0 Å². The number of benzene rings is 2. The zero-order valence-corrected chi connectivity index (χ0v) is 17.8. The molecule has 0 aliphatic rings. The van der Waals surface area contributed by atoms with Crippen molar-refractivity contribution in [3.8, 4) is 17.2 Å². The van der Waals surface area contributed by atoms with E-state index in [9.17, 15) is 13.2 Å². The minimum absolute atomic E-state index is 0.0106. The van der Waals surface area contributed by atoms with E-state index in [1.54, 1.807) is 12.1 Å². The minimum Gasteiger partial charge on any atom is -0.497 e. The van der Waals surface area contributed by atoms with E-state index in [0.717, 1.165) is 16.7 Å². The summed E-state index contributed by atoms with van der Waals surface area (Å²) in [7, 11) is -1.97. The van der Waals surface area contributed by atoms with Gasteiger partial charge in [-0.3, -0.25) is 10.1 Å². The summed E-state index contributed by atoms with van der Waals surface area (Å²) in [6.07, 6.45) is 0.176. The second-order valence-corrected chi connectivity index (χ2v) is 8.99. The lowest BCUT2D eigenvalue weighted by Crippen LogP contribution is -2.14. The molecule has 9 heteroatoms. The average Bonchev–Trinajstić information content (AvgIpc) is 3.15. The van der Waals surface area contributed by atoms with Gasteiger partial charge in [0.2, 0.25) is 11.8 Å². The van der Waals surface area contributed by atoms with Crippen LogP contribution in [0.25, 0.3) is 11.5 Å². The molecule has 158 valence electrons. The van der Waals surface area contributed by atoms with E-state index >= 15 is 0 Å². The van der Waals surface area contributed by atoms with E-state index in [1.807, 2.05) is 32.0 Å². The molecule has 0 saturated carbocycles. The highest BCUT2D eigenvalue weighted by atomic mass is 32.2. The van der Waals surface area contributed by atoms with Crippen LogP contribution < -0.4 is 10.1 Å². The molecule has 3 aromatic rings. The Kier molecular flexibility index (Phi) is 6.51. The molecule has 0 fully saturated rings. The Bertz CT molecular complexity index is 1140. The number of aromatic nitrogens is 2. The Labute approximate surface area is 175 Å². The summed E-state index contributed by atoms with van der Waals surface area (Å²) >= 11 is 0. The molecule has 0 atom stereocenters. The molecule has 0 radical (unpaired) electrons. The van der Waals surface area contributed by atoms with E-state index in [1.165, 1.54) is 19.2 Å². The summed E-state index contributed by atoms with van der Waals surface area (Å²) in [6, 6.07) is 11.9. The van der Waals surface area contributed by atoms with Gasteiger partial charge in [-0.25, -0.2) is 8.42 Å². The van der Waals surface area contributed by atoms with E-state index < -0.39 is 15.7 Å². The first-order chi connectivity index (χ1) is 14.3. The number of amides is 1. The van der Waals surface area contributed by atoms with Crippen molar-refractivity contribution in [2.24, 2.45) is 0 Å². The number of nitrogens with zero attached hydrogens (tertiary/aromatic N) is 2. The first-order valence-corrected chi connectivity index (χ1v) is 11.0. The molecule has 1 aromatic heterocycles. The van der Waals surface area contributed by atoms with Crippen molar-refractivity contribution in [1.29, 1.82) is 0 Å². The number of carbonyl (C=O) groups excluding carboxylic acids is 1. The Morgan fingerprint density at radius 1 is 1.10 bits per heavy atom. The third-order valence-electron chi connectivity index (χ3n) is 4.52. The summed E-state index contributed by atoms with van der Waals surface area (Å²) in [5.74, 6) is 0.346. The molecular formula is C21H23N3O5S. The van der Waals surface area contributed by atoms with Gasteiger partial charge in [-0.1, -0.05) is 22.8 Å². The van der Waals surface area contributed by atoms with Gasteiger partial charge in [-0.2, -0.15) is 0 Å². The largest absolute Gasteiger partial charge is 0.497 e. The molecule has 0 bridgehead atoms. The number of sulfone groups is 1. The summed E-state index contributed by atoms with van der Waals surface area (Å²) in [6.45, 7) is 3.93. The average molecular weight is 429 g/mol. The number of anilines is 1. The molecular weight excluding hydrogens is 406 g/mol. The van der Waals surface area contributed by atoms with Crippen LogP contribution in [0.2, 0.25) is 0 Å². The summed E-state index contributed by atoms with van der Waals surface area (Å²) in [4.78, 5) is 12.3. The van der Waals surface area contributed by atoms with Gasteiger partial charge in [0.1, 0.15) is 5.75 Å². The molecule has 0 spiro atoms. The van der Waals surface area contributed by atoms with E-state index in [4.69, 9.17) is 9.15 Å². The quantitative estimate of drug-likeness (QED) is 0.583. The van der Waals surface area contributed by atoms with Crippen molar-refractivity contribution >= 4 is 21.8 Å². The van der Waals surface area contributed by atoms with Crippen LogP contribution in [0.15, 0.2) is 51.8 Å². The minimum atomic E-state index is -3.48. The highest BCUT2D eigenvalue weighted by Gasteiger charge is 2.17. The van der Waals surface area contributed by atoms with Crippen LogP contribution in [-0.2, 0) is 14.6 Å². The first kappa shape index (κ1) is 21.5. The van der Waals surface area contributed by atoms with Crippen LogP contribution in [0.3, 0.4) is 0 Å². The predicted molar refractivity (Wildman–Crippen MR) is 112 cm³/mol. The van der Waals surface area contributed by atoms with Crippen LogP contribution in [0.1, 0.15) is 24.0 Å². The topological polar surface area (TPSA) is 111 Å². The van der Waals surface area contributed by atoms with Crippen LogP contribution in [-0.4, -0.2) is 37.4 Å². The molecule has 0 saturated heterocycles. The van der Waals surface area contributed by atoms with E-state index in [0.29, 0.717) is 11.6 Å². The lowest BCUT2D eigenvalue weighted by atomic mass is 10.1. The number of carbonyl (C=O) groups is 1. The highest BCUT2D eigenvalue weighted by molar-refractivity contribution is 7.91. The van der Waals surface area contributed by atoms with Gasteiger partial charge in [0.05, 0.1) is 17.8 Å². The first-order valence-electron chi connectivity index (χ1n) is 9.36. The molecule has 1 heterocycles. The van der Waals surface area contributed by atoms with Crippen LogP contribution in [0.4, 0.5) is 6.01 Å². The van der Waals surface area contributed by atoms with Gasteiger partial charge >= 0.3 is 6.01 Å². The lowest BCUT2D eigenvalue weighted by Gasteiger charge is -2.05. The zero-order chi connectivity index (χ0) is 21.7. The molecule has 0 aliphatic carbocycles. The maximum atomic E-state index is 12.4. The molecule has 8 nitrogen and oxygen atoms in total. The second kappa shape index (κ2) is 9.08. The molecule has 0 unspecified atom stereocenters. The number of nitrogens with one attached hydrogen (secondary N) is 1. The molecule has 3 rings (SSSR count). The fourth-order valence-electron chi connectivity index (χ4n) is 2.94. The van der Waals surface area contributed by atoms with Gasteiger partial charge < -0.3 is 9.15 Å². The van der Waals surface area contributed by atoms with Gasteiger partial charge in [0.15, 0.2) is 9.84 Å². The maximum Gasteiger partial charge on any atom is 0.322 e. The maximum absolute atomic E-state index is 12.4. The van der Waals surface area contributed by atoms with Crippen molar-refractivity contribution in [2.45, 2.75) is 31.6 Å². The van der Waals surface area contributed by atoms with Gasteiger partial charge in [-0.05, 0) is 56.2 Å². The monoisotopic (exact) mass is 429 g/mol. The summed E-state index contributed by atoms with van der Waals surface area (Å²) in [5, 5.41) is 10.3. The van der Waals surface area contributed by atoms with Crippen molar-refractivity contribution < 1.29 is 22.4 Å². The van der Waals surface area contributed by atoms with Gasteiger partial charge in [0, 0.05) is 12.0 Å². The molecule has 0 aliphatic heterocycles. The van der Waals surface area contributed by atoms with Crippen LogP contribution in [0.5, 0.6) is 5.75 Å². The molecule has 2 aromatic carbocycles. The smallest absolute Gasteiger partial charge is 0.322 e. The molecule has 30 heavy (non-hydrogen) atoms. The third kappa shape index (κ3) is 5.24. The standard InChI is InChI=1S/C21H23N3O5S/c1-14-6-11-18(15(2)13-14)20-23-24-21(29-20)22-19(25)5-4-12-30(26,27)17-9-7-16(28-3)8-10-17/h6-11,13H,4-5,12H2,1-3H3,(H,22,24,25). The fraction of sp³-hybridized carbons (Fsp3) is 0.286. The van der Waals surface area contributed by atoms with Crippen molar-refractivity contribution in [3.05, 3.63) is 53.6 Å². The van der Waals surface area contributed by atoms with Crippen molar-refractivity contribution in [1.82, 2.24) is 10.2 Å². The lowest BCUT2D eigenvalue weighted by molar-refractivity contribution is -0.116. The SMILES string of the molecule is COc1ccc(S(=O)(=O)CCCC(=O)Nc2nnc(-c3ccc(C)cc3C)o2)cc1. The fourth-order valence-corrected chi connectivity index (χ4v) is 4.25. The second-order valence-electron chi connectivity index (χ2n) is 6.88. The Morgan fingerprint density at radius 3 is 2.50 bits per heavy atom. The Morgan fingerprint density at radius 2 is 1.83 bits per heavy atom. The van der Waals surface area contributed by atoms with Crippen molar-refractivity contribution in [2.75, 3.05) is 18.2 Å². The van der Waals surface area contributed by atoms with Crippen molar-refractivity contribution in [3.63, 3.8) is 0 Å². The third-order valence-corrected chi connectivity index (χ3v) is 6.34. The summed E-state index contributed by atoms with van der Waals surface area (Å²) < 4.78 is 35.3. The Balaban J connectivity index is 1.54. The summed E-state index contributed by atoms with van der Waals surface area (Å²) in [5.41, 5.74) is 2.90. The number of rotatable bonds is 8.